The zero-order chi connectivity index (χ0) is 26.8. The molecule has 0 unspecified atom stereocenters. The molecule has 0 saturated carbocycles. The van der Waals surface area contributed by atoms with Crippen molar-refractivity contribution in [3.05, 3.63) is 132 Å². The largest absolute Gasteiger partial charge is 0.208 e. The molecular weight excluding hydrogens is 474 g/mol. The van der Waals surface area contributed by atoms with Crippen molar-refractivity contribution < 1.29 is 0 Å². The summed E-state index contributed by atoms with van der Waals surface area (Å²) < 4.78 is 0. The lowest BCUT2D eigenvalue weighted by Crippen LogP contribution is -2.00. The number of nitrogens with zero attached hydrogens (tertiary/aromatic N) is 3. The maximum atomic E-state index is 4.97. The first-order valence-electron chi connectivity index (χ1n) is 13.2. The van der Waals surface area contributed by atoms with Gasteiger partial charge >= 0.3 is 0 Å². The first-order valence-corrected chi connectivity index (χ1v) is 13.2. The van der Waals surface area contributed by atoms with Crippen LogP contribution in [-0.4, -0.2) is 15.0 Å². The fourth-order valence-electron chi connectivity index (χ4n) is 5.14. The predicted molar refractivity (Wildman–Crippen MR) is 163 cm³/mol. The van der Waals surface area contributed by atoms with Crippen LogP contribution < -0.4 is 0 Å². The van der Waals surface area contributed by atoms with Crippen LogP contribution in [0.25, 0.3) is 62.1 Å². The lowest BCUT2D eigenvalue weighted by Gasteiger charge is -2.15. The molecule has 188 valence electrons. The topological polar surface area (TPSA) is 38.7 Å². The predicted octanol–water partition coefficient (Wildman–Crippen LogP) is 9.34. The van der Waals surface area contributed by atoms with Crippen LogP contribution in [0.15, 0.2) is 115 Å². The van der Waals surface area contributed by atoms with Crippen molar-refractivity contribution in [2.45, 2.75) is 20.8 Å². The van der Waals surface area contributed by atoms with E-state index in [9.17, 15) is 0 Å². The van der Waals surface area contributed by atoms with Crippen molar-refractivity contribution >= 4 is 16.8 Å². The minimum atomic E-state index is 0.665. The van der Waals surface area contributed by atoms with E-state index in [2.05, 4.69) is 81.5 Å². The summed E-state index contributed by atoms with van der Waals surface area (Å²) in [5, 5.41) is 2.51. The quantitative estimate of drug-likeness (QED) is 0.235. The standard InChI is InChI=1S/C36H29N3/c1-4-13-28-23-33(32-19-12-11-18-31(32)25(28)3)29-20-24(2)21-30(22-29)36-38-34(26-14-7-5-8-15-26)37-35(39-36)27-16-9-6-10-17-27/h4-23H,1-3H3/b13-4-. The Hall–Kier alpha value is -4.89. The average Bonchev–Trinajstić information content (AvgIpc) is 2.99. The summed E-state index contributed by atoms with van der Waals surface area (Å²) in [5.41, 5.74) is 8.93. The Morgan fingerprint density at radius 2 is 1.03 bits per heavy atom. The lowest BCUT2D eigenvalue weighted by molar-refractivity contribution is 1.07. The monoisotopic (exact) mass is 503 g/mol. The molecular formula is C36H29N3. The molecule has 0 radical (unpaired) electrons. The Morgan fingerprint density at radius 3 is 1.62 bits per heavy atom. The van der Waals surface area contributed by atoms with E-state index in [-0.39, 0.29) is 0 Å². The van der Waals surface area contributed by atoms with Gasteiger partial charge in [-0.1, -0.05) is 103 Å². The average molecular weight is 504 g/mol. The van der Waals surface area contributed by atoms with E-state index in [1.807, 2.05) is 60.7 Å². The van der Waals surface area contributed by atoms with E-state index in [1.165, 1.54) is 27.5 Å². The number of aryl methyl sites for hydroxylation is 2. The van der Waals surface area contributed by atoms with Crippen LogP contribution in [0.5, 0.6) is 0 Å². The van der Waals surface area contributed by atoms with E-state index in [0.717, 1.165) is 27.8 Å². The van der Waals surface area contributed by atoms with E-state index < -0.39 is 0 Å². The van der Waals surface area contributed by atoms with Crippen LogP contribution in [0, 0.1) is 13.8 Å². The minimum absolute atomic E-state index is 0.665. The first kappa shape index (κ1) is 24.4. The van der Waals surface area contributed by atoms with Gasteiger partial charge in [0, 0.05) is 16.7 Å². The van der Waals surface area contributed by atoms with Crippen LogP contribution in [0.1, 0.15) is 23.6 Å². The minimum Gasteiger partial charge on any atom is -0.208 e. The summed E-state index contributed by atoms with van der Waals surface area (Å²) in [4.78, 5) is 14.8. The first-order chi connectivity index (χ1) is 19.1. The van der Waals surface area contributed by atoms with Gasteiger partial charge in [-0.25, -0.2) is 15.0 Å². The number of hydrogen-bond donors (Lipinski definition) is 0. The van der Waals surface area contributed by atoms with Crippen molar-refractivity contribution in [1.29, 1.82) is 0 Å². The number of aromatic nitrogens is 3. The van der Waals surface area contributed by atoms with E-state index in [4.69, 9.17) is 15.0 Å². The third-order valence-electron chi connectivity index (χ3n) is 7.05. The summed E-state index contributed by atoms with van der Waals surface area (Å²) in [6.45, 7) is 6.40. The Morgan fingerprint density at radius 1 is 0.513 bits per heavy atom. The van der Waals surface area contributed by atoms with Crippen LogP contribution in [0.3, 0.4) is 0 Å². The molecule has 1 aromatic heterocycles. The number of benzene rings is 5. The molecule has 5 aromatic carbocycles. The second kappa shape index (κ2) is 10.5. The summed E-state index contributed by atoms with van der Waals surface area (Å²) in [7, 11) is 0. The van der Waals surface area contributed by atoms with E-state index in [0.29, 0.717) is 17.5 Å². The molecule has 0 N–H and O–H groups in total. The van der Waals surface area contributed by atoms with Crippen LogP contribution in [0.2, 0.25) is 0 Å². The van der Waals surface area contributed by atoms with Crippen molar-refractivity contribution in [3.63, 3.8) is 0 Å². The Balaban J connectivity index is 1.57. The number of hydrogen-bond acceptors (Lipinski definition) is 3. The molecule has 0 bridgehead atoms. The second-order valence-corrected chi connectivity index (χ2v) is 9.81. The molecule has 0 amide bonds. The zero-order valence-electron chi connectivity index (χ0n) is 22.4. The molecule has 0 spiro atoms. The molecule has 0 atom stereocenters. The number of allylic oxidation sites excluding steroid dienone is 1. The molecule has 0 aliphatic rings. The molecule has 1 heterocycles. The highest BCUT2D eigenvalue weighted by Gasteiger charge is 2.15. The molecule has 3 heteroatoms. The molecule has 0 saturated heterocycles. The lowest BCUT2D eigenvalue weighted by atomic mass is 9.90. The third-order valence-corrected chi connectivity index (χ3v) is 7.05. The highest BCUT2D eigenvalue weighted by Crippen LogP contribution is 2.36. The van der Waals surface area contributed by atoms with Crippen LogP contribution in [0.4, 0.5) is 0 Å². The van der Waals surface area contributed by atoms with Gasteiger partial charge in [-0.15, -0.1) is 0 Å². The molecule has 39 heavy (non-hydrogen) atoms. The Labute approximate surface area is 229 Å². The summed E-state index contributed by atoms with van der Waals surface area (Å²) in [6.07, 6.45) is 4.29. The smallest absolute Gasteiger partial charge is 0.164 e. The van der Waals surface area contributed by atoms with Gasteiger partial charge in [-0.2, -0.15) is 0 Å². The fraction of sp³-hybridized carbons (Fsp3) is 0.0833. The summed E-state index contributed by atoms with van der Waals surface area (Å²) in [5.74, 6) is 2.00. The highest BCUT2D eigenvalue weighted by atomic mass is 15.0. The van der Waals surface area contributed by atoms with E-state index >= 15 is 0 Å². The molecule has 6 rings (SSSR count). The van der Waals surface area contributed by atoms with Gasteiger partial charge in [0.1, 0.15) is 0 Å². The molecule has 6 aromatic rings. The van der Waals surface area contributed by atoms with Gasteiger partial charge in [-0.3, -0.25) is 0 Å². The number of fused-ring (bicyclic) bond motifs is 1. The summed E-state index contributed by atoms with van der Waals surface area (Å²) in [6, 6.07) is 37.8. The molecule has 0 aliphatic carbocycles. The second-order valence-electron chi connectivity index (χ2n) is 9.81. The van der Waals surface area contributed by atoms with Gasteiger partial charge in [0.05, 0.1) is 0 Å². The normalized spacial score (nSPS) is 11.4. The Bertz CT molecular complexity index is 1760. The van der Waals surface area contributed by atoms with Crippen molar-refractivity contribution in [2.24, 2.45) is 0 Å². The van der Waals surface area contributed by atoms with Crippen LogP contribution in [-0.2, 0) is 0 Å². The SMILES string of the molecule is C/C=C\c1cc(-c2cc(C)cc(-c3nc(-c4ccccc4)nc(-c4ccccc4)n3)c2)c2ccccc2c1C. The summed E-state index contributed by atoms with van der Waals surface area (Å²) >= 11 is 0. The molecule has 0 aliphatic heterocycles. The fourth-order valence-corrected chi connectivity index (χ4v) is 5.14. The molecule has 0 fully saturated rings. The van der Waals surface area contributed by atoms with Gasteiger partial charge in [0.15, 0.2) is 17.5 Å². The maximum absolute atomic E-state index is 4.97. The van der Waals surface area contributed by atoms with Crippen molar-refractivity contribution in [3.8, 4) is 45.3 Å². The number of rotatable bonds is 5. The van der Waals surface area contributed by atoms with Crippen molar-refractivity contribution in [1.82, 2.24) is 15.0 Å². The van der Waals surface area contributed by atoms with Gasteiger partial charge < -0.3 is 0 Å². The Kier molecular flexibility index (Phi) is 6.56. The van der Waals surface area contributed by atoms with Gasteiger partial charge in [0.2, 0.25) is 0 Å². The third kappa shape index (κ3) is 4.87. The van der Waals surface area contributed by atoms with Gasteiger partial charge in [0.25, 0.3) is 0 Å². The molecule has 3 nitrogen and oxygen atoms in total. The zero-order valence-corrected chi connectivity index (χ0v) is 22.4. The van der Waals surface area contributed by atoms with E-state index in [1.54, 1.807) is 0 Å². The maximum Gasteiger partial charge on any atom is 0.164 e. The van der Waals surface area contributed by atoms with Crippen LogP contribution >= 0.6 is 0 Å². The van der Waals surface area contributed by atoms with Crippen molar-refractivity contribution in [2.75, 3.05) is 0 Å². The van der Waals surface area contributed by atoms with Gasteiger partial charge in [-0.05, 0) is 77.6 Å². The highest BCUT2D eigenvalue weighted by molar-refractivity contribution is 6.01.